The highest BCUT2D eigenvalue weighted by Crippen LogP contribution is 2.29. The van der Waals surface area contributed by atoms with Crippen LogP contribution >= 0.6 is 11.6 Å². The van der Waals surface area contributed by atoms with Crippen molar-refractivity contribution in [2.24, 2.45) is 0 Å². The Morgan fingerprint density at radius 3 is 2.58 bits per heavy atom. The molecule has 2 aromatic rings. The van der Waals surface area contributed by atoms with Crippen LogP contribution in [0.4, 0.5) is 0 Å². The Kier molecular flexibility index (Phi) is 4.16. The summed E-state index contributed by atoms with van der Waals surface area (Å²) < 4.78 is 9.40. The van der Waals surface area contributed by atoms with Crippen molar-refractivity contribution in [3.63, 3.8) is 0 Å². The SMILES string of the molecule is CCn1nc(C)c2nc(C(C)Cl)n(C(C)COC)c21. The molecule has 106 valence electrons. The maximum Gasteiger partial charge on any atom is 0.159 e. The smallest absolute Gasteiger partial charge is 0.159 e. The lowest BCUT2D eigenvalue weighted by atomic mass is 10.3. The molecule has 0 bridgehead atoms. The van der Waals surface area contributed by atoms with Gasteiger partial charge in [0.2, 0.25) is 0 Å². The Hall–Kier alpha value is -1.07. The summed E-state index contributed by atoms with van der Waals surface area (Å²) in [5.74, 6) is 0.879. The van der Waals surface area contributed by atoms with Gasteiger partial charge in [0, 0.05) is 13.7 Å². The van der Waals surface area contributed by atoms with E-state index in [0.717, 1.165) is 29.2 Å². The Morgan fingerprint density at radius 2 is 2.05 bits per heavy atom. The first kappa shape index (κ1) is 14.3. The first-order valence-corrected chi connectivity index (χ1v) is 7.03. The molecule has 0 saturated carbocycles. The van der Waals surface area contributed by atoms with Crippen molar-refractivity contribution in [2.45, 2.75) is 45.7 Å². The fourth-order valence-electron chi connectivity index (χ4n) is 2.46. The van der Waals surface area contributed by atoms with Crippen LogP contribution in [-0.2, 0) is 11.3 Å². The second-order valence-corrected chi connectivity index (χ2v) is 5.49. The minimum atomic E-state index is -0.142. The van der Waals surface area contributed by atoms with Crippen LogP contribution in [0.25, 0.3) is 11.2 Å². The van der Waals surface area contributed by atoms with E-state index in [4.69, 9.17) is 16.3 Å². The molecule has 2 heterocycles. The minimum absolute atomic E-state index is 0.142. The number of aryl methyl sites for hydroxylation is 2. The molecule has 6 heteroatoms. The van der Waals surface area contributed by atoms with Gasteiger partial charge in [0.1, 0.15) is 11.3 Å². The molecular formula is C13H21ClN4O. The quantitative estimate of drug-likeness (QED) is 0.793. The summed E-state index contributed by atoms with van der Waals surface area (Å²) >= 11 is 6.27. The highest BCUT2D eigenvalue weighted by molar-refractivity contribution is 6.20. The number of hydrogen-bond acceptors (Lipinski definition) is 3. The van der Waals surface area contributed by atoms with Gasteiger partial charge in [-0.1, -0.05) is 0 Å². The average molecular weight is 285 g/mol. The molecule has 0 aliphatic carbocycles. The second-order valence-electron chi connectivity index (χ2n) is 4.83. The molecule has 0 aliphatic rings. The van der Waals surface area contributed by atoms with Gasteiger partial charge in [0.05, 0.1) is 23.7 Å². The van der Waals surface area contributed by atoms with Gasteiger partial charge in [-0.2, -0.15) is 5.10 Å². The van der Waals surface area contributed by atoms with Crippen LogP contribution in [-0.4, -0.2) is 33.0 Å². The molecule has 2 rings (SSSR count). The number of nitrogens with zero attached hydrogens (tertiary/aromatic N) is 4. The maximum absolute atomic E-state index is 6.27. The third kappa shape index (κ3) is 2.37. The second kappa shape index (κ2) is 5.51. The van der Waals surface area contributed by atoms with E-state index >= 15 is 0 Å². The third-order valence-electron chi connectivity index (χ3n) is 3.28. The van der Waals surface area contributed by atoms with Gasteiger partial charge in [0.25, 0.3) is 0 Å². The summed E-state index contributed by atoms with van der Waals surface area (Å²) in [6, 6.07) is 0.174. The van der Waals surface area contributed by atoms with Gasteiger partial charge in [-0.15, -0.1) is 11.6 Å². The molecule has 0 N–H and O–H groups in total. The zero-order valence-corrected chi connectivity index (χ0v) is 12.9. The highest BCUT2D eigenvalue weighted by Gasteiger charge is 2.23. The molecule has 0 aromatic carbocycles. The van der Waals surface area contributed by atoms with Crippen molar-refractivity contribution in [2.75, 3.05) is 13.7 Å². The summed E-state index contributed by atoms with van der Waals surface area (Å²) in [6.45, 7) is 9.54. The van der Waals surface area contributed by atoms with Crippen molar-refractivity contribution < 1.29 is 4.74 Å². The third-order valence-corrected chi connectivity index (χ3v) is 3.47. The summed E-state index contributed by atoms with van der Waals surface area (Å²) in [6.07, 6.45) is 0. The number of aromatic nitrogens is 4. The molecule has 0 spiro atoms. The van der Waals surface area contributed by atoms with E-state index in [0.29, 0.717) is 6.61 Å². The van der Waals surface area contributed by atoms with Crippen LogP contribution in [0.1, 0.15) is 43.7 Å². The lowest BCUT2D eigenvalue weighted by molar-refractivity contribution is 0.162. The van der Waals surface area contributed by atoms with Crippen LogP contribution < -0.4 is 0 Å². The Labute approximate surface area is 118 Å². The topological polar surface area (TPSA) is 44.9 Å². The minimum Gasteiger partial charge on any atom is -0.383 e. The molecule has 2 atom stereocenters. The van der Waals surface area contributed by atoms with Crippen LogP contribution in [0.15, 0.2) is 0 Å². The van der Waals surface area contributed by atoms with Crippen molar-refractivity contribution in [1.29, 1.82) is 0 Å². The van der Waals surface area contributed by atoms with E-state index in [-0.39, 0.29) is 11.4 Å². The molecule has 0 aliphatic heterocycles. The summed E-state index contributed by atoms with van der Waals surface area (Å²) in [5.41, 5.74) is 2.91. The molecule has 0 saturated heterocycles. The first-order chi connectivity index (χ1) is 9.01. The van der Waals surface area contributed by atoms with E-state index in [1.807, 2.05) is 18.5 Å². The number of methoxy groups -OCH3 is 1. The van der Waals surface area contributed by atoms with Gasteiger partial charge >= 0.3 is 0 Å². The fourth-order valence-corrected chi connectivity index (χ4v) is 2.61. The number of fused-ring (bicyclic) bond motifs is 1. The molecule has 0 fully saturated rings. The van der Waals surface area contributed by atoms with E-state index in [9.17, 15) is 0 Å². The average Bonchev–Trinajstić information content (AvgIpc) is 2.88. The van der Waals surface area contributed by atoms with Gasteiger partial charge in [-0.25, -0.2) is 9.67 Å². The van der Waals surface area contributed by atoms with Crippen LogP contribution in [0.5, 0.6) is 0 Å². The molecule has 0 radical (unpaired) electrons. The summed E-state index contributed by atoms with van der Waals surface area (Å²) in [5, 5.41) is 4.38. The number of halogens is 1. The Bertz CT molecular complexity index is 573. The standard InChI is InChI=1S/C13H21ClN4O/c1-6-17-13-11(10(4)16-17)15-12(9(3)14)18(13)8(2)7-19-5/h8-9H,6-7H2,1-5H3. The van der Waals surface area contributed by atoms with Gasteiger partial charge in [-0.3, -0.25) is 0 Å². The van der Waals surface area contributed by atoms with Gasteiger partial charge in [0.15, 0.2) is 5.65 Å². The number of alkyl halides is 1. The Morgan fingerprint density at radius 1 is 1.37 bits per heavy atom. The van der Waals surface area contributed by atoms with Gasteiger partial charge < -0.3 is 9.30 Å². The van der Waals surface area contributed by atoms with Crippen molar-refractivity contribution in [3.8, 4) is 0 Å². The predicted molar refractivity (Wildman–Crippen MR) is 76.8 cm³/mol. The number of imidazole rings is 1. The summed E-state index contributed by atoms with van der Waals surface area (Å²) in [4.78, 5) is 4.68. The van der Waals surface area contributed by atoms with E-state index in [1.165, 1.54) is 0 Å². The number of rotatable bonds is 5. The number of hydrogen-bond donors (Lipinski definition) is 0. The zero-order chi connectivity index (χ0) is 14.2. The predicted octanol–water partition coefficient (Wildman–Crippen LogP) is 3.07. The first-order valence-electron chi connectivity index (χ1n) is 6.59. The molecule has 5 nitrogen and oxygen atoms in total. The molecule has 2 unspecified atom stereocenters. The van der Waals surface area contributed by atoms with Crippen LogP contribution in [0, 0.1) is 6.92 Å². The molecular weight excluding hydrogens is 264 g/mol. The molecule has 2 aromatic heterocycles. The van der Waals surface area contributed by atoms with E-state index in [2.05, 4.69) is 28.5 Å². The van der Waals surface area contributed by atoms with Crippen molar-refractivity contribution in [1.82, 2.24) is 19.3 Å². The lowest BCUT2D eigenvalue weighted by Gasteiger charge is -2.18. The molecule has 19 heavy (non-hydrogen) atoms. The van der Waals surface area contributed by atoms with E-state index in [1.54, 1.807) is 7.11 Å². The fraction of sp³-hybridized carbons (Fsp3) is 0.692. The van der Waals surface area contributed by atoms with Crippen LogP contribution in [0.2, 0.25) is 0 Å². The van der Waals surface area contributed by atoms with Crippen molar-refractivity contribution >= 4 is 22.8 Å². The van der Waals surface area contributed by atoms with E-state index < -0.39 is 0 Å². The Balaban J connectivity index is 2.70. The normalized spacial score (nSPS) is 15.1. The summed E-state index contributed by atoms with van der Waals surface area (Å²) in [7, 11) is 1.71. The van der Waals surface area contributed by atoms with Gasteiger partial charge in [-0.05, 0) is 27.7 Å². The largest absolute Gasteiger partial charge is 0.383 e. The lowest BCUT2D eigenvalue weighted by Crippen LogP contribution is -2.17. The molecule has 0 amide bonds. The maximum atomic E-state index is 6.27. The zero-order valence-electron chi connectivity index (χ0n) is 12.1. The van der Waals surface area contributed by atoms with Crippen LogP contribution in [0.3, 0.4) is 0 Å². The van der Waals surface area contributed by atoms with Crippen molar-refractivity contribution in [3.05, 3.63) is 11.5 Å². The highest BCUT2D eigenvalue weighted by atomic mass is 35.5. The monoisotopic (exact) mass is 284 g/mol. The number of ether oxygens (including phenoxy) is 1.